The molecule has 0 saturated carbocycles. The predicted molar refractivity (Wildman–Crippen MR) is 53.5 cm³/mol. The summed E-state index contributed by atoms with van der Waals surface area (Å²) in [5.41, 5.74) is 0. The van der Waals surface area contributed by atoms with Crippen molar-refractivity contribution in [2.75, 3.05) is 0 Å². The lowest BCUT2D eigenvalue weighted by molar-refractivity contribution is 0.815. The number of pyridine rings is 1. The zero-order valence-electron chi connectivity index (χ0n) is 7.68. The Bertz CT molecular complexity index is 438. The number of nitrogens with zero attached hydrogens (tertiary/aromatic N) is 4. The molecule has 0 aliphatic carbocycles. The maximum atomic E-state index is 5.96. The first-order valence-electron chi connectivity index (χ1n) is 4.32. The van der Waals surface area contributed by atoms with E-state index >= 15 is 0 Å². The van der Waals surface area contributed by atoms with Gasteiger partial charge < -0.3 is 0 Å². The van der Waals surface area contributed by atoms with Crippen molar-refractivity contribution in [3.05, 3.63) is 35.5 Å². The van der Waals surface area contributed by atoms with Crippen LogP contribution in [0.1, 0.15) is 12.7 Å². The average molecular weight is 209 g/mol. The minimum absolute atomic E-state index is 0.569. The van der Waals surface area contributed by atoms with E-state index in [0.29, 0.717) is 10.8 Å². The van der Waals surface area contributed by atoms with Crippen molar-refractivity contribution >= 4 is 11.6 Å². The van der Waals surface area contributed by atoms with Gasteiger partial charge >= 0.3 is 0 Å². The molecular weight excluding hydrogens is 200 g/mol. The summed E-state index contributed by atoms with van der Waals surface area (Å²) in [5.74, 6) is 1.40. The Morgan fingerprint density at radius 3 is 2.93 bits per heavy atom. The highest BCUT2D eigenvalue weighted by Gasteiger charge is 2.05. The molecule has 0 bridgehead atoms. The summed E-state index contributed by atoms with van der Waals surface area (Å²) in [4.78, 5) is 8.23. The quantitative estimate of drug-likeness (QED) is 0.757. The van der Waals surface area contributed by atoms with Crippen molar-refractivity contribution in [3.63, 3.8) is 0 Å². The first-order chi connectivity index (χ1) is 6.81. The fourth-order valence-corrected chi connectivity index (χ4v) is 1.32. The van der Waals surface area contributed by atoms with Crippen LogP contribution in [0.25, 0.3) is 5.82 Å². The van der Waals surface area contributed by atoms with Gasteiger partial charge in [0.25, 0.3) is 0 Å². The van der Waals surface area contributed by atoms with Crippen LogP contribution in [0.15, 0.2) is 24.7 Å². The number of aromatic nitrogens is 4. The molecule has 72 valence electrons. The molecule has 0 amide bonds. The first kappa shape index (κ1) is 9.15. The Hall–Kier alpha value is -1.42. The van der Waals surface area contributed by atoms with Crippen molar-refractivity contribution in [1.29, 1.82) is 0 Å². The molecule has 2 heterocycles. The summed E-state index contributed by atoms with van der Waals surface area (Å²) < 4.78 is 1.58. The van der Waals surface area contributed by atoms with Crippen LogP contribution in [0.3, 0.4) is 0 Å². The Balaban J connectivity index is 2.44. The van der Waals surface area contributed by atoms with E-state index in [2.05, 4.69) is 15.1 Å². The van der Waals surface area contributed by atoms with Crippen LogP contribution in [0, 0.1) is 0 Å². The van der Waals surface area contributed by atoms with E-state index < -0.39 is 0 Å². The Morgan fingerprint density at radius 1 is 1.43 bits per heavy atom. The number of rotatable bonds is 2. The molecule has 0 spiro atoms. The van der Waals surface area contributed by atoms with E-state index in [-0.39, 0.29) is 0 Å². The van der Waals surface area contributed by atoms with Crippen LogP contribution >= 0.6 is 11.6 Å². The van der Waals surface area contributed by atoms with E-state index in [9.17, 15) is 0 Å². The van der Waals surface area contributed by atoms with Crippen molar-refractivity contribution in [2.24, 2.45) is 0 Å². The number of hydrogen-bond donors (Lipinski definition) is 0. The fourth-order valence-electron chi connectivity index (χ4n) is 1.11. The predicted octanol–water partition coefficient (Wildman–Crippen LogP) is 1.88. The highest BCUT2D eigenvalue weighted by Crippen LogP contribution is 2.15. The maximum Gasteiger partial charge on any atom is 0.173 e. The molecule has 2 aromatic rings. The van der Waals surface area contributed by atoms with Gasteiger partial charge in [-0.05, 0) is 12.1 Å². The normalized spacial score (nSPS) is 10.4. The van der Waals surface area contributed by atoms with E-state index in [0.717, 1.165) is 12.2 Å². The van der Waals surface area contributed by atoms with Gasteiger partial charge in [-0.1, -0.05) is 18.5 Å². The molecule has 14 heavy (non-hydrogen) atoms. The monoisotopic (exact) mass is 208 g/mol. The third-order valence-electron chi connectivity index (χ3n) is 1.81. The van der Waals surface area contributed by atoms with Crippen LogP contribution in [-0.2, 0) is 6.42 Å². The topological polar surface area (TPSA) is 43.6 Å². The van der Waals surface area contributed by atoms with E-state index in [4.69, 9.17) is 11.6 Å². The number of aryl methyl sites for hydroxylation is 1. The molecular formula is C9H9ClN4. The molecule has 0 atom stereocenters. The van der Waals surface area contributed by atoms with Gasteiger partial charge in [-0.15, -0.1) is 5.10 Å². The zero-order valence-corrected chi connectivity index (χ0v) is 8.44. The van der Waals surface area contributed by atoms with Crippen molar-refractivity contribution in [2.45, 2.75) is 13.3 Å². The summed E-state index contributed by atoms with van der Waals surface area (Å²) in [5, 5.41) is 4.79. The minimum atomic E-state index is 0.569. The average Bonchev–Trinajstić information content (AvgIpc) is 2.67. The Morgan fingerprint density at radius 2 is 2.29 bits per heavy atom. The molecule has 4 nitrogen and oxygen atoms in total. The molecule has 2 aromatic heterocycles. The third kappa shape index (κ3) is 1.61. The lowest BCUT2D eigenvalue weighted by Crippen LogP contribution is -1.99. The summed E-state index contributed by atoms with van der Waals surface area (Å²) in [6.07, 6.45) is 4.10. The molecule has 0 aliphatic heterocycles. The maximum absolute atomic E-state index is 5.96. The lowest BCUT2D eigenvalue weighted by atomic mass is 10.5. The van der Waals surface area contributed by atoms with Gasteiger partial charge in [0.15, 0.2) is 11.6 Å². The van der Waals surface area contributed by atoms with E-state index in [1.165, 1.54) is 0 Å². The second-order valence-corrected chi connectivity index (χ2v) is 3.17. The van der Waals surface area contributed by atoms with Crippen LogP contribution < -0.4 is 0 Å². The molecule has 0 aromatic carbocycles. The van der Waals surface area contributed by atoms with Gasteiger partial charge in [0, 0.05) is 12.6 Å². The largest absolute Gasteiger partial charge is 0.236 e. The smallest absolute Gasteiger partial charge is 0.173 e. The van der Waals surface area contributed by atoms with Crippen LogP contribution in [0.5, 0.6) is 0 Å². The summed E-state index contributed by atoms with van der Waals surface area (Å²) in [6, 6.07) is 3.56. The van der Waals surface area contributed by atoms with Crippen LogP contribution in [0.2, 0.25) is 5.02 Å². The first-order valence-corrected chi connectivity index (χ1v) is 4.70. The fraction of sp³-hybridized carbons (Fsp3) is 0.222. The Kier molecular flexibility index (Phi) is 2.45. The zero-order chi connectivity index (χ0) is 9.97. The van der Waals surface area contributed by atoms with Crippen molar-refractivity contribution in [1.82, 2.24) is 19.7 Å². The van der Waals surface area contributed by atoms with Gasteiger partial charge in [-0.2, -0.15) is 0 Å². The molecule has 0 N–H and O–H groups in total. The van der Waals surface area contributed by atoms with Gasteiger partial charge in [-0.25, -0.2) is 14.6 Å². The second kappa shape index (κ2) is 3.75. The van der Waals surface area contributed by atoms with Gasteiger partial charge in [0.2, 0.25) is 0 Å². The van der Waals surface area contributed by atoms with Gasteiger partial charge in [0.1, 0.15) is 6.33 Å². The van der Waals surface area contributed by atoms with Crippen LogP contribution in [-0.4, -0.2) is 19.7 Å². The molecule has 0 aliphatic rings. The van der Waals surface area contributed by atoms with Crippen molar-refractivity contribution < 1.29 is 0 Å². The highest BCUT2D eigenvalue weighted by atomic mass is 35.5. The van der Waals surface area contributed by atoms with Gasteiger partial charge in [-0.3, -0.25) is 0 Å². The minimum Gasteiger partial charge on any atom is -0.236 e. The Labute approximate surface area is 86.6 Å². The van der Waals surface area contributed by atoms with E-state index in [1.54, 1.807) is 29.3 Å². The summed E-state index contributed by atoms with van der Waals surface area (Å²) in [6.45, 7) is 2.00. The molecule has 5 heteroatoms. The number of hydrogen-bond acceptors (Lipinski definition) is 3. The molecule has 0 fully saturated rings. The number of halogens is 1. The molecule has 0 saturated heterocycles. The second-order valence-electron chi connectivity index (χ2n) is 2.77. The standard InChI is InChI=1S/C9H9ClN4/c1-2-8-12-6-14(13-8)9-7(10)4-3-5-11-9/h3-6H,2H2,1H3. The third-order valence-corrected chi connectivity index (χ3v) is 2.11. The highest BCUT2D eigenvalue weighted by molar-refractivity contribution is 6.32. The molecule has 2 rings (SSSR count). The molecule has 0 radical (unpaired) electrons. The van der Waals surface area contributed by atoms with Crippen molar-refractivity contribution in [3.8, 4) is 5.82 Å². The molecule has 0 unspecified atom stereocenters. The van der Waals surface area contributed by atoms with Gasteiger partial charge in [0.05, 0.1) is 5.02 Å². The lowest BCUT2D eigenvalue weighted by Gasteiger charge is -1.99. The van der Waals surface area contributed by atoms with Crippen LogP contribution in [0.4, 0.5) is 0 Å². The van der Waals surface area contributed by atoms with E-state index in [1.807, 2.05) is 6.92 Å². The SMILES string of the molecule is CCc1ncn(-c2ncccc2Cl)n1. The summed E-state index contributed by atoms with van der Waals surface area (Å²) >= 11 is 5.96. The summed E-state index contributed by atoms with van der Waals surface area (Å²) in [7, 11) is 0.